The van der Waals surface area contributed by atoms with Crippen molar-refractivity contribution in [1.82, 2.24) is 5.32 Å². The summed E-state index contributed by atoms with van der Waals surface area (Å²) in [6.07, 6.45) is 5.21. The van der Waals surface area contributed by atoms with Crippen LogP contribution >= 0.6 is 0 Å². The molecule has 0 aromatic heterocycles. The number of hydrogen-bond donors (Lipinski definition) is 1. The van der Waals surface area contributed by atoms with E-state index in [2.05, 4.69) is 43.4 Å². The number of unbranched alkanes of at least 4 members (excludes halogenated alkanes) is 1. The summed E-state index contributed by atoms with van der Waals surface area (Å²) >= 11 is 0. The van der Waals surface area contributed by atoms with Crippen molar-refractivity contribution in [1.29, 1.82) is 0 Å². The van der Waals surface area contributed by atoms with Gasteiger partial charge in [-0.25, -0.2) is 0 Å². The minimum Gasteiger partial charge on any atom is -0.376 e. The highest BCUT2D eigenvalue weighted by Gasteiger charge is 2.31. The molecule has 0 aliphatic carbocycles. The maximum Gasteiger partial charge on any atom is 0.0795 e. The Morgan fingerprint density at radius 2 is 2.05 bits per heavy atom. The summed E-state index contributed by atoms with van der Waals surface area (Å²) in [4.78, 5) is 0. The average Bonchev–Trinajstić information content (AvgIpc) is 2.85. The third-order valence-electron chi connectivity index (χ3n) is 4.24. The molecule has 2 heteroatoms. The molecule has 0 spiro atoms. The van der Waals surface area contributed by atoms with Gasteiger partial charge in [0.2, 0.25) is 0 Å². The van der Waals surface area contributed by atoms with Gasteiger partial charge in [0, 0.05) is 6.61 Å². The summed E-state index contributed by atoms with van der Waals surface area (Å²) in [5.74, 6) is 0.636. The molecule has 1 aliphatic rings. The molecule has 2 nitrogen and oxygen atoms in total. The monoisotopic (exact) mass is 261 g/mol. The highest BCUT2D eigenvalue weighted by Crippen LogP contribution is 2.31. The number of likely N-dealkylation sites (N-methyl/N-ethyl adjacent to an activating group) is 1. The minimum atomic E-state index is 0.312. The van der Waals surface area contributed by atoms with Crippen LogP contribution in [0.2, 0.25) is 0 Å². The molecule has 0 saturated carbocycles. The first-order chi connectivity index (χ1) is 9.26. The van der Waals surface area contributed by atoms with Crippen LogP contribution in [0.4, 0.5) is 0 Å². The Labute approximate surface area is 117 Å². The largest absolute Gasteiger partial charge is 0.376 e. The standard InChI is InChI=1S/C17H27NO/c1-4-5-6-14-7-9-15(10-8-14)16(18-3)17-13(2)11-12-19-17/h7-10,13,16-18H,4-6,11-12H2,1-3H3. The lowest BCUT2D eigenvalue weighted by atomic mass is 9.92. The van der Waals surface area contributed by atoms with Crippen molar-refractivity contribution in [3.05, 3.63) is 35.4 Å². The van der Waals surface area contributed by atoms with Crippen LogP contribution in [0.25, 0.3) is 0 Å². The number of nitrogens with one attached hydrogen (secondary N) is 1. The molecule has 2 rings (SSSR count). The van der Waals surface area contributed by atoms with E-state index in [9.17, 15) is 0 Å². The van der Waals surface area contributed by atoms with Gasteiger partial charge in [0.25, 0.3) is 0 Å². The van der Waals surface area contributed by atoms with Crippen LogP contribution in [0.5, 0.6) is 0 Å². The third kappa shape index (κ3) is 3.58. The van der Waals surface area contributed by atoms with Crippen molar-refractivity contribution in [3.8, 4) is 0 Å². The second kappa shape index (κ2) is 7.06. The van der Waals surface area contributed by atoms with Gasteiger partial charge in [-0.1, -0.05) is 44.5 Å². The Bertz CT molecular complexity index is 373. The van der Waals surface area contributed by atoms with Crippen molar-refractivity contribution in [2.45, 2.75) is 51.7 Å². The van der Waals surface area contributed by atoms with Gasteiger partial charge in [-0.05, 0) is 43.4 Å². The number of aryl methyl sites for hydroxylation is 1. The van der Waals surface area contributed by atoms with Crippen molar-refractivity contribution in [2.24, 2.45) is 5.92 Å². The van der Waals surface area contributed by atoms with Crippen LogP contribution in [-0.2, 0) is 11.2 Å². The van der Waals surface area contributed by atoms with Crippen LogP contribution in [0.3, 0.4) is 0 Å². The first kappa shape index (κ1) is 14.5. The second-order valence-electron chi connectivity index (χ2n) is 5.71. The normalized spacial score (nSPS) is 24.6. The maximum absolute atomic E-state index is 5.91. The Morgan fingerprint density at radius 3 is 2.58 bits per heavy atom. The van der Waals surface area contributed by atoms with Crippen LogP contribution in [0, 0.1) is 5.92 Å². The Hall–Kier alpha value is -0.860. The molecule has 3 unspecified atom stereocenters. The highest BCUT2D eigenvalue weighted by molar-refractivity contribution is 5.26. The summed E-state index contributed by atoms with van der Waals surface area (Å²) in [5, 5.41) is 3.43. The lowest BCUT2D eigenvalue weighted by Gasteiger charge is -2.26. The van der Waals surface area contributed by atoms with Crippen molar-refractivity contribution < 1.29 is 4.74 Å². The number of hydrogen-bond acceptors (Lipinski definition) is 2. The van der Waals surface area contributed by atoms with E-state index in [1.54, 1.807) is 0 Å². The van der Waals surface area contributed by atoms with E-state index in [1.165, 1.54) is 36.8 Å². The van der Waals surface area contributed by atoms with E-state index in [0.29, 0.717) is 18.1 Å². The van der Waals surface area contributed by atoms with Gasteiger partial charge >= 0.3 is 0 Å². The number of ether oxygens (including phenoxy) is 1. The fourth-order valence-corrected chi connectivity index (χ4v) is 2.94. The van der Waals surface area contributed by atoms with Crippen LogP contribution in [0.15, 0.2) is 24.3 Å². The first-order valence-electron chi connectivity index (χ1n) is 7.64. The summed E-state index contributed by atoms with van der Waals surface area (Å²) in [7, 11) is 2.03. The van der Waals surface area contributed by atoms with E-state index >= 15 is 0 Å². The van der Waals surface area contributed by atoms with Gasteiger partial charge < -0.3 is 10.1 Å². The molecule has 0 radical (unpaired) electrons. The Balaban J connectivity index is 2.06. The number of benzene rings is 1. The van der Waals surface area contributed by atoms with E-state index in [1.807, 2.05) is 7.05 Å². The molecule has 1 fully saturated rings. The van der Waals surface area contributed by atoms with Crippen LogP contribution in [-0.4, -0.2) is 19.8 Å². The molecule has 1 saturated heterocycles. The molecular formula is C17H27NO. The third-order valence-corrected chi connectivity index (χ3v) is 4.24. The summed E-state index contributed by atoms with van der Waals surface area (Å²) in [5.41, 5.74) is 2.79. The summed E-state index contributed by atoms with van der Waals surface area (Å²) in [6.45, 7) is 5.43. The zero-order valence-corrected chi connectivity index (χ0v) is 12.5. The lowest BCUT2D eigenvalue weighted by Crippen LogP contribution is -2.32. The maximum atomic E-state index is 5.91. The van der Waals surface area contributed by atoms with Gasteiger partial charge in [0.15, 0.2) is 0 Å². The summed E-state index contributed by atoms with van der Waals surface area (Å²) < 4.78 is 5.91. The van der Waals surface area contributed by atoms with Gasteiger partial charge in [0.1, 0.15) is 0 Å². The van der Waals surface area contributed by atoms with Crippen molar-refractivity contribution >= 4 is 0 Å². The number of rotatable bonds is 6. The molecule has 1 aromatic rings. The molecule has 1 aliphatic heterocycles. The van der Waals surface area contributed by atoms with Crippen molar-refractivity contribution in [2.75, 3.05) is 13.7 Å². The van der Waals surface area contributed by atoms with E-state index in [4.69, 9.17) is 4.74 Å². The molecule has 1 aromatic carbocycles. The topological polar surface area (TPSA) is 21.3 Å². The van der Waals surface area contributed by atoms with E-state index in [0.717, 1.165) is 6.61 Å². The molecule has 106 valence electrons. The fraction of sp³-hybridized carbons (Fsp3) is 0.647. The Morgan fingerprint density at radius 1 is 1.32 bits per heavy atom. The lowest BCUT2D eigenvalue weighted by molar-refractivity contribution is 0.0631. The molecule has 1 heterocycles. The quantitative estimate of drug-likeness (QED) is 0.843. The van der Waals surface area contributed by atoms with Gasteiger partial charge in [-0.2, -0.15) is 0 Å². The van der Waals surface area contributed by atoms with Crippen LogP contribution in [0.1, 0.15) is 50.3 Å². The average molecular weight is 261 g/mol. The summed E-state index contributed by atoms with van der Waals surface area (Å²) in [6, 6.07) is 9.39. The van der Waals surface area contributed by atoms with E-state index in [-0.39, 0.29) is 0 Å². The SMILES string of the molecule is CCCCc1ccc(C(NC)C2OCCC2C)cc1. The van der Waals surface area contributed by atoms with Crippen molar-refractivity contribution in [3.63, 3.8) is 0 Å². The molecule has 19 heavy (non-hydrogen) atoms. The second-order valence-corrected chi connectivity index (χ2v) is 5.71. The Kier molecular flexibility index (Phi) is 5.41. The predicted octanol–water partition coefficient (Wildman–Crippen LogP) is 3.71. The zero-order chi connectivity index (χ0) is 13.7. The molecular weight excluding hydrogens is 234 g/mol. The first-order valence-corrected chi connectivity index (χ1v) is 7.64. The zero-order valence-electron chi connectivity index (χ0n) is 12.5. The van der Waals surface area contributed by atoms with Gasteiger partial charge in [-0.3, -0.25) is 0 Å². The fourth-order valence-electron chi connectivity index (χ4n) is 2.94. The van der Waals surface area contributed by atoms with Crippen LogP contribution < -0.4 is 5.32 Å². The smallest absolute Gasteiger partial charge is 0.0795 e. The predicted molar refractivity (Wildman–Crippen MR) is 80.4 cm³/mol. The minimum absolute atomic E-state index is 0.312. The molecule has 0 bridgehead atoms. The molecule has 1 N–H and O–H groups in total. The molecule has 0 amide bonds. The molecule has 3 atom stereocenters. The highest BCUT2D eigenvalue weighted by atomic mass is 16.5. The van der Waals surface area contributed by atoms with Gasteiger partial charge in [-0.15, -0.1) is 0 Å². The van der Waals surface area contributed by atoms with Gasteiger partial charge in [0.05, 0.1) is 12.1 Å². The van der Waals surface area contributed by atoms with E-state index < -0.39 is 0 Å².